The van der Waals surface area contributed by atoms with Crippen LogP contribution < -0.4 is 4.74 Å². The van der Waals surface area contributed by atoms with E-state index < -0.39 is 9.53 Å². The molecule has 1 aromatic carbocycles. The van der Waals surface area contributed by atoms with Crippen molar-refractivity contribution in [1.29, 1.82) is 0 Å². The molecule has 0 radical (unpaired) electrons. The summed E-state index contributed by atoms with van der Waals surface area (Å²) in [6, 6.07) is 5.92. The Morgan fingerprint density at radius 2 is 1.94 bits per heavy atom. The highest BCUT2D eigenvalue weighted by molar-refractivity contribution is 14.1. The Morgan fingerprint density at radius 1 is 1.41 bits per heavy atom. The lowest BCUT2D eigenvalue weighted by atomic mass is 9.91. The molecule has 0 fully saturated rings. The molecule has 0 heterocycles. The monoisotopic (exact) mass is 354 g/mol. The highest BCUT2D eigenvalue weighted by atomic mass is 127. The second-order valence-corrected chi connectivity index (χ2v) is 4.93. The van der Waals surface area contributed by atoms with Crippen molar-refractivity contribution in [3.63, 3.8) is 0 Å². The van der Waals surface area contributed by atoms with Crippen LogP contribution in [-0.4, -0.2) is 16.1 Å². The number of hydrogen-bond acceptors (Lipinski definition) is 2. The molecule has 1 rings (SSSR count). The van der Waals surface area contributed by atoms with E-state index in [1.54, 1.807) is 0 Å². The van der Waals surface area contributed by atoms with E-state index in [2.05, 4.69) is 6.58 Å². The van der Waals surface area contributed by atoms with Gasteiger partial charge in [-0.3, -0.25) is 0 Å². The van der Waals surface area contributed by atoms with Gasteiger partial charge >= 0.3 is 3.93 Å². The Bertz CT molecular complexity index is 386. The Morgan fingerprint density at radius 3 is 2.29 bits per heavy atom. The second kappa shape index (κ2) is 5.30. The molecule has 0 aromatic heterocycles. The maximum absolute atomic E-state index is 13.5. The summed E-state index contributed by atoms with van der Waals surface area (Å²) in [5.74, 6) is 0.548. The zero-order valence-electron chi connectivity index (χ0n) is 9.29. The van der Waals surface area contributed by atoms with Gasteiger partial charge in [-0.1, -0.05) is 18.2 Å². The fraction of sp³-hybridized carbons (Fsp3) is 0.333. The quantitative estimate of drug-likeness (QED) is 0.498. The number of hydrogen-bond donors (Lipinski definition) is 1. The van der Waals surface area contributed by atoms with Gasteiger partial charge in [0.15, 0.2) is 5.60 Å². The molecule has 1 unspecified atom stereocenters. The molecule has 1 atom stereocenters. The van der Waals surface area contributed by atoms with Gasteiger partial charge in [-0.05, 0) is 17.7 Å². The van der Waals surface area contributed by atoms with Gasteiger partial charge in [0.2, 0.25) is 0 Å². The smallest absolute Gasteiger partial charge is 0.328 e. The fourth-order valence-corrected chi connectivity index (χ4v) is 2.00. The summed E-state index contributed by atoms with van der Waals surface area (Å²) < 4.78 is 28.6. The predicted octanol–water partition coefficient (Wildman–Crippen LogP) is 3.49. The molecule has 0 saturated carbocycles. The third-order valence-corrected chi connectivity index (χ3v) is 3.37. The van der Waals surface area contributed by atoms with Gasteiger partial charge < -0.3 is 9.84 Å². The van der Waals surface area contributed by atoms with Crippen molar-refractivity contribution in [3.05, 3.63) is 42.5 Å². The zero-order chi connectivity index (χ0) is 13.1. The van der Waals surface area contributed by atoms with Crippen LogP contribution in [-0.2, 0) is 5.60 Å². The first-order valence-electron chi connectivity index (χ1n) is 4.89. The Kier molecular flexibility index (Phi) is 4.48. The normalized spacial score (nSPS) is 15.1. The number of halogens is 3. The second-order valence-electron chi connectivity index (χ2n) is 3.58. The predicted molar refractivity (Wildman–Crippen MR) is 70.7 cm³/mol. The largest absolute Gasteiger partial charge is 0.497 e. The van der Waals surface area contributed by atoms with Crippen molar-refractivity contribution in [2.75, 3.05) is 7.11 Å². The van der Waals surface area contributed by atoms with Crippen LogP contribution in [0.1, 0.15) is 12.0 Å². The topological polar surface area (TPSA) is 29.5 Å². The van der Waals surface area contributed by atoms with E-state index in [0.29, 0.717) is 5.75 Å². The Balaban J connectivity index is 3.18. The van der Waals surface area contributed by atoms with Crippen molar-refractivity contribution < 1.29 is 18.6 Å². The average Bonchev–Trinajstić information content (AvgIpc) is 2.28. The molecule has 0 bridgehead atoms. The summed E-state index contributed by atoms with van der Waals surface area (Å²) >= 11 is 0.938. The van der Waals surface area contributed by atoms with Crippen molar-refractivity contribution in [2.45, 2.75) is 16.0 Å². The fourth-order valence-electron chi connectivity index (χ4n) is 1.47. The highest BCUT2D eigenvalue weighted by Gasteiger charge is 2.50. The summed E-state index contributed by atoms with van der Waals surface area (Å²) in [7, 11) is 1.48. The lowest BCUT2D eigenvalue weighted by molar-refractivity contribution is -0.112. The molecule has 17 heavy (non-hydrogen) atoms. The molecule has 1 N–H and O–H groups in total. The first kappa shape index (κ1) is 14.4. The van der Waals surface area contributed by atoms with Crippen LogP contribution in [0.4, 0.5) is 8.78 Å². The third kappa shape index (κ3) is 2.95. The van der Waals surface area contributed by atoms with E-state index in [9.17, 15) is 13.9 Å². The first-order valence-corrected chi connectivity index (χ1v) is 5.97. The molecule has 5 heteroatoms. The highest BCUT2D eigenvalue weighted by Crippen LogP contribution is 2.45. The molecular weight excluding hydrogens is 341 g/mol. The Hall–Kier alpha value is -0.690. The third-order valence-electron chi connectivity index (χ3n) is 2.48. The van der Waals surface area contributed by atoms with Crippen LogP contribution in [0.5, 0.6) is 5.75 Å². The van der Waals surface area contributed by atoms with E-state index in [0.717, 1.165) is 22.6 Å². The van der Waals surface area contributed by atoms with Crippen LogP contribution in [0.2, 0.25) is 0 Å². The van der Waals surface area contributed by atoms with Gasteiger partial charge in [0.1, 0.15) is 5.75 Å². The maximum atomic E-state index is 13.5. The minimum absolute atomic E-state index is 0.137. The van der Waals surface area contributed by atoms with Gasteiger partial charge in [-0.25, -0.2) is 0 Å². The van der Waals surface area contributed by atoms with Crippen molar-refractivity contribution >= 4 is 22.6 Å². The van der Waals surface area contributed by atoms with E-state index in [1.165, 1.54) is 37.5 Å². The van der Waals surface area contributed by atoms with Crippen LogP contribution in [0, 0.1) is 0 Å². The van der Waals surface area contributed by atoms with Crippen LogP contribution in [0.3, 0.4) is 0 Å². The van der Waals surface area contributed by atoms with Gasteiger partial charge in [0.05, 0.1) is 7.11 Å². The summed E-state index contributed by atoms with van der Waals surface area (Å²) in [6.07, 6.45) is 1.05. The summed E-state index contributed by atoms with van der Waals surface area (Å²) in [5, 5.41) is 10.1. The summed E-state index contributed by atoms with van der Waals surface area (Å²) in [5.41, 5.74) is -2.11. The maximum Gasteiger partial charge on any atom is 0.328 e. The van der Waals surface area contributed by atoms with Crippen molar-refractivity contribution in [1.82, 2.24) is 0 Å². The average molecular weight is 354 g/mol. The van der Waals surface area contributed by atoms with Gasteiger partial charge in [-0.15, -0.1) is 6.58 Å². The molecule has 2 nitrogen and oxygen atoms in total. The summed E-state index contributed by atoms with van der Waals surface area (Å²) in [4.78, 5) is 0. The number of aliphatic hydroxyl groups is 1. The Labute approximate surface area is 112 Å². The van der Waals surface area contributed by atoms with E-state index in [-0.39, 0.29) is 12.0 Å². The molecule has 0 aliphatic heterocycles. The summed E-state index contributed by atoms with van der Waals surface area (Å²) in [6.45, 7) is 3.40. The van der Waals surface area contributed by atoms with Crippen LogP contribution in [0.25, 0.3) is 0 Å². The SMILES string of the molecule is C=CCC(O)(c1ccc(OC)cc1)C(F)(F)I. The minimum atomic E-state index is -3.28. The number of alkyl halides is 3. The van der Waals surface area contributed by atoms with E-state index in [1.807, 2.05) is 0 Å². The van der Waals surface area contributed by atoms with Crippen molar-refractivity contribution in [3.8, 4) is 5.75 Å². The molecule has 94 valence electrons. The van der Waals surface area contributed by atoms with Gasteiger partial charge in [0, 0.05) is 29.0 Å². The molecular formula is C12H13F2IO2. The van der Waals surface area contributed by atoms with E-state index in [4.69, 9.17) is 4.74 Å². The number of ether oxygens (including phenoxy) is 1. The molecule has 0 aliphatic rings. The minimum Gasteiger partial charge on any atom is -0.497 e. The molecule has 0 aliphatic carbocycles. The van der Waals surface area contributed by atoms with Gasteiger partial charge in [-0.2, -0.15) is 8.78 Å². The van der Waals surface area contributed by atoms with Crippen LogP contribution >= 0.6 is 22.6 Å². The molecule has 0 spiro atoms. The zero-order valence-corrected chi connectivity index (χ0v) is 11.4. The molecule has 0 saturated heterocycles. The molecule has 0 amide bonds. The number of methoxy groups -OCH3 is 1. The molecule has 1 aromatic rings. The van der Waals surface area contributed by atoms with E-state index >= 15 is 0 Å². The lowest BCUT2D eigenvalue weighted by Gasteiger charge is -2.32. The van der Waals surface area contributed by atoms with Crippen molar-refractivity contribution in [2.24, 2.45) is 0 Å². The lowest BCUT2D eigenvalue weighted by Crippen LogP contribution is -2.40. The number of rotatable bonds is 5. The van der Waals surface area contributed by atoms with Crippen LogP contribution in [0.15, 0.2) is 36.9 Å². The first-order chi connectivity index (χ1) is 7.85. The number of benzene rings is 1. The van der Waals surface area contributed by atoms with Gasteiger partial charge in [0.25, 0.3) is 0 Å². The standard InChI is InChI=1S/C12H13F2IO2/c1-3-8-11(16,12(13,14)15)9-4-6-10(17-2)7-5-9/h3-7,16H,1,8H2,2H3.